The molecule has 134 valence electrons. The molecule has 0 unspecified atom stereocenters. The van der Waals surface area contributed by atoms with Crippen molar-refractivity contribution in [1.29, 1.82) is 0 Å². The number of hydrogen-bond donors (Lipinski definition) is 2. The Bertz CT molecular complexity index is 504. The topological polar surface area (TPSA) is 48.9 Å². The molecule has 0 saturated heterocycles. The van der Waals surface area contributed by atoms with E-state index in [4.69, 9.17) is 4.74 Å². The standard InChI is InChI=1S/C19H32N4O/c1-3-24-15-7-12-22-19(20-2)21-11-6-13-23-14-10-17-8-4-5-9-18(17)16-23/h4-5,8-9H,3,6-7,10-16H2,1-2H3,(H2,20,21,22). The fourth-order valence-corrected chi connectivity index (χ4v) is 3.00. The molecule has 1 aromatic rings. The number of nitrogens with one attached hydrogen (secondary N) is 2. The molecule has 0 amide bonds. The fraction of sp³-hybridized carbons (Fsp3) is 0.632. The Morgan fingerprint density at radius 2 is 1.92 bits per heavy atom. The van der Waals surface area contributed by atoms with E-state index in [0.717, 1.165) is 58.2 Å². The summed E-state index contributed by atoms with van der Waals surface area (Å²) in [5.41, 5.74) is 3.01. The number of nitrogens with zero attached hydrogens (tertiary/aromatic N) is 2. The van der Waals surface area contributed by atoms with E-state index >= 15 is 0 Å². The van der Waals surface area contributed by atoms with Gasteiger partial charge in [0.15, 0.2) is 5.96 Å². The highest BCUT2D eigenvalue weighted by atomic mass is 16.5. The Morgan fingerprint density at radius 3 is 2.67 bits per heavy atom. The van der Waals surface area contributed by atoms with Crippen LogP contribution < -0.4 is 10.6 Å². The van der Waals surface area contributed by atoms with Crippen molar-refractivity contribution in [2.45, 2.75) is 32.7 Å². The van der Waals surface area contributed by atoms with Crippen LogP contribution in [-0.4, -0.2) is 57.3 Å². The zero-order valence-corrected chi connectivity index (χ0v) is 15.2. The predicted octanol–water partition coefficient (Wildman–Crippen LogP) is 2.03. The highest BCUT2D eigenvalue weighted by Crippen LogP contribution is 2.18. The molecule has 0 radical (unpaired) electrons. The summed E-state index contributed by atoms with van der Waals surface area (Å²) < 4.78 is 5.33. The monoisotopic (exact) mass is 332 g/mol. The first kappa shape index (κ1) is 18.7. The van der Waals surface area contributed by atoms with Crippen LogP contribution >= 0.6 is 0 Å². The maximum atomic E-state index is 5.33. The summed E-state index contributed by atoms with van der Waals surface area (Å²) in [4.78, 5) is 6.80. The van der Waals surface area contributed by atoms with E-state index in [9.17, 15) is 0 Å². The molecule has 0 aliphatic carbocycles. The normalized spacial score (nSPS) is 15.2. The Kier molecular flexibility index (Phi) is 8.63. The molecule has 0 bridgehead atoms. The lowest BCUT2D eigenvalue weighted by Crippen LogP contribution is -2.39. The van der Waals surface area contributed by atoms with Crippen molar-refractivity contribution in [3.05, 3.63) is 35.4 Å². The first-order chi connectivity index (χ1) is 11.8. The van der Waals surface area contributed by atoms with Crippen LogP contribution in [0.4, 0.5) is 0 Å². The molecule has 0 fully saturated rings. The lowest BCUT2D eigenvalue weighted by atomic mass is 10.00. The summed E-state index contributed by atoms with van der Waals surface area (Å²) >= 11 is 0. The van der Waals surface area contributed by atoms with E-state index in [1.54, 1.807) is 0 Å². The van der Waals surface area contributed by atoms with Crippen molar-refractivity contribution < 1.29 is 4.74 Å². The second-order valence-corrected chi connectivity index (χ2v) is 6.12. The molecular weight excluding hydrogens is 300 g/mol. The minimum absolute atomic E-state index is 0.786. The number of fused-ring (bicyclic) bond motifs is 1. The van der Waals surface area contributed by atoms with Crippen LogP contribution in [0.25, 0.3) is 0 Å². The molecule has 24 heavy (non-hydrogen) atoms. The van der Waals surface area contributed by atoms with Gasteiger partial charge in [0.1, 0.15) is 0 Å². The van der Waals surface area contributed by atoms with Crippen LogP contribution in [0.5, 0.6) is 0 Å². The Balaban J connectivity index is 1.57. The quantitative estimate of drug-likeness (QED) is 0.413. The van der Waals surface area contributed by atoms with E-state index in [1.165, 1.54) is 24.1 Å². The van der Waals surface area contributed by atoms with Crippen LogP contribution in [0.3, 0.4) is 0 Å². The zero-order chi connectivity index (χ0) is 17.0. The number of hydrogen-bond acceptors (Lipinski definition) is 3. The molecule has 2 rings (SSSR count). The highest BCUT2D eigenvalue weighted by Gasteiger charge is 2.14. The first-order valence-electron chi connectivity index (χ1n) is 9.15. The van der Waals surface area contributed by atoms with Gasteiger partial charge in [-0.3, -0.25) is 9.89 Å². The van der Waals surface area contributed by atoms with Gasteiger partial charge in [0.25, 0.3) is 0 Å². The maximum absolute atomic E-state index is 5.33. The van der Waals surface area contributed by atoms with Gasteiger partial charge in [0.2, 0.25) is 0 Å². The van der Waals surface area contributed by atoms with Crippen LogP contribution in [0.2, 0.25) is 0 Å². The molecule has 1 aromatic carbocycles. The maximum Gasteiger partial charge on any atom is 0.190 e. The van der Waals surface area contributed by atoms with Gasteiger partial charge < -0.3 is 15.4 Å². The number of guanidine groups is 1. The Labute approximate surface area is 146 Å². The molecule has 0 atom stereocenters. The van der Waals surface area contributed by atoms with E-state index < -0.39 is 0 Å². The van der Waals surface area contributed by atoms with Crippen molar-refractivity contribution >= 4 is 5.96 Å². The van der Waals surface area contributed by atoms with E-state index in [1.807, 2.05) is 14.0 Å². The molecule has 5 nitrogen and oxygen atoms in total. The lowest BCUT2D eigenvalue weighted by molar-refractivity contribution is 0.145. The summed E-state index contributed by atoms with van der Waals surface area (Å²) in [6.45, 7) is 8.83. The molecular formula is C19H32N4O. The second kappa shape index (κ2) is 11.0. The number of aliphatic imine (C=N–C) groups is 1. The van der Waals surface area contributed by atoms with E-state index in [2.05, 4.69) is 44.8 Å². The van der Waals surface area contributed by atoms with Crippen LogP contribution in [-0.2, 0) is 17.7 Å². The van der Waals surface area contributed by atoms with Crippen molar-refractivity contribution in [2.24, 2.45) is 4.99 Å². The van der Waals surface area contributed by atoms with Gasteiger partial charge in [-0.15, -0.1) is 0 Å². The van der Waals surface area contributed by atoms with Gasteiger partial charge in [0.05, 0.1) is 0 Å². The van der Waals surface area contributed by atoms with Gasteiger partial charge in [-0.2, -0.15) is 0 Å². The third-order valence-corrected chi connectivity index (χ3v) is 4.34. The summed E-state index contributed by atoms with van der Waals surface area (Å²) in [5.74, 6) is 0.885. The van der Waals surface area contributed by atoms with Gasteiger partial charge in [0, 0.05) is 53.0 Å². The van der Waals surface area contributed by atoms with Crippen molar-refractivity contribution in [2.75, 3.05) is 46.4 Å². The molecule has 0 aromatic heterocycles. The van der Waals surface area contributed by atoms with Crippen LogP contribution in [0, 0.1) is 0 Å². The van der Waals surface area contributed by atoms with Gasteiger partial charge in [-0.1, -0.05) is 24.3 Å². The van der Waals surface area contributed by atoms with Gasteiger partial charge in [-0.25, -0.2) is 0 Å². The Morgan fingerprint density at radius 1 is 1.17 bits per heavy atom. The molecule has 1 heterocycles. The average Bonchev–Trinajstić information content (AvgIpc) is 2.63. The minimum atomic E-state index is 0.786. The Hall–Kier alpha value is -1.59. The number of rotatable bonds is 9. The third-order valence-electron chi connectivity index (χ3n) is 4.34. The number of benzene rings is 1. The number of ether oxygens (including phenoxy) is 1. The first-order valence-corrected chi connectivity index (χ1v) is 9.15. The zero-order valence-electron chi connectivity index (χ0n) is 15.2. The van der Waals surface area contributed by atoms with E-state index in [0.29, 0.717) is 0 Å². The molecule has 1 aliphatic heterocycles. The van der Waals surface area contributed by atoms with Gasteiger partial charge >= 0.3 is 0 Å². The van der Waals surface area contributed by atoms with Crippen molar-refractivity contribution in [1.82, 2.24) is 15.5 Å². The van der Waals surface area contributed by atoms with Crippen LogP contribution in [0.1, 0.15) is 30.9 Å². The summed E-state index contributed by atoms with van der Waals surface area (Å²) in [6, 6.07) is 8.81. The highest BCUT2D eigenvalue weighted by molar-refractivity contribution is 5.79. The lowest BCUT2D eigenvalue weighted by Gasteiger charge is -2.28. The fourth-order valence-electron chi connectivity index (χ4n) is 3.00. The van der Waals surface area contributed by atoms with E-state index in [-0.39, 0.29) is 0 Å². The molecule has 0 saturated carbocycles. The SMILES string of the molecule is CCOCCCNC(=NC)NCCCN1CCc2ccccc2C1. The third kappa shape index (κ3) is 6.49. The van der Waals surface area contributed by atoms with Gasteiger partial charge in [-0.05, 0) is 37.3 Å². The molecule has 5 heteroatoms. The largest absolute Gasteiger partial charge is 0.382 e. The smallest absolute Gasteiger partial charge is 0.190 e. The summed E-state index contributed by atoms with van der Waals surface area (Å²) in [5, 5.41) is 6.72. The molecule has 1 aliphatic rings. The molecule has 0 spiro atoms. The van der Waals surface area contributed by atoms with Crippen molar-refractivity contribution in [3.63, 3.8) is 0 Å². The average molecular weight is 332 g/mol. The second-order valence-electron chi connectivity index (χ2n) is 6.12. The minimum Gasteiger partial charge on any atom is -0.382 e. The predicted molar refractivity (Wildman–Crippen MR) is 101 cm³/mol. The summed E-state index contributed by atoms with van der Waals surface area (Å²) in [6.07, 6.45) is 3.30. The van der Waals surface area contributed by atoms with Crippen molar-refractivity contribution in [3.8, 4) is 0 Å². The van der Waals surface area contributed by atoms with Crippen LogP contribution in [0.15, 0.2) is 29.3 Å². The summed E-state index contributed by atoms with van der Waals surface area (Å²) in [7, 11) is 1.82. The molecule has 2 N–H and O–H groups in total.